The predicted molar refractivity (Wildman–Crippen MR) is 76.0 cm³/mol. The lowest BCUT2D eigenvalue weighted by Gasteiger charge is -2.12. The number of aryl methyl sites for hydroxylation is 2. The molecule has 0 aliphatic carbocycles. The summed E-state index contributed by atoms with van der Waals surface area (Å²) in [6, 6.07) is 6.10. The summed E-state index contributed by atoms with van der Waals surface area (Å²) in [6.07, 6.45) is 0. The van der Waals surface area contributed by atoms with Gasteiger partial charge in [-0.3, -0.25) is 4.79 Å². The summed E-state index contributed by atoms with van der Waals surface area (Å²) in [5.41, 5.74) is 3.38. The summed E-state index contributed by atoms with van der Waals surface area (Å²) < 4.78 is 0. The number of carbonyl (C=O) groups excluding carboxylic acids is 1. The van der Waals surface area contributed by atoms with Gasteiger partial charge in [0.05, 0.1) is 6.54 Å². The Bertz CT molecular complexity index is 370. The Morgan fingerprint density at radius 2 is 1.83 bits per heavy atom. The summed E-state index contributed by atoms with van der Waals surface area (Å²) in [7, 11) is 0. The molecule has 0 aliphatic heterocycles. The van der Waals surface area contributed by atoms with E-state index >= 15 is 0 Å². The van der Waals surface area contributed by atoms with E-state index < -0.39 is 0 Å². The van der Waals surface area contributed by atoms with E-state index in [9.17, 15) is 4.79 Å². The van der Waals surface area contributed by atoms with Crippen LogP contribution in [-0.2, 0) is 4.79 Å². The maximum absolute atomic E-state index is 11.6. The van der Waals surface area contributed by atoms with Crippen LogP contribution in [0.3, 0.4) is 0 Å². The van der Waals surface area contributed by atoms with Crippen LogP contribution in [0.4, 0.5) is 5.69 Å². The van der Waals surface area contributed by atoms with Crippen molar-refractivity contribution in [1.82, 2.24) is 10.6 Å². The lowest BCUT2D eigenvalue weighted by Crippen LogP contribution is -2.35. The first kappa shape index (κ1) is 14.5. The average Bonchev–Trinajstić information content (AvgIpc) is 2.34. The van der Waals surface area contributed by atoms with E-state index in [-0.39, 0.29) is 5.91 Å². The van der Waals surface area contributed by atoms with Gasteiger partial charge in [-0.15, -0.1) is 0 Å². The Labute approximate surface area is 109 Å². The summed E-state index contributed by atoms with van der Waals surface area (Å²) in [6.45, 7) is 8.85. The van der Waals surface area contributed by atoms with Gasteiger partial charge in [-0.05, 0) is 31.5 Å². The standard InChI is InChI=1S/C14H23N3O/c1-4-15-8-9-16-13(18)10-17-14-11(2)6-5-7-12(14)3/h5-7,15,17H,4,8-10H2,1-3H3,(H,16,18). The number of carbonyl (C=O) groups is 1. The number of hydrogen-bond acceptors (Lipinski definition) is 3. The zero-order chi connectivity index (χ0) is 13.4. The molecule has 0 aromatic heterocycles. The normalized spacial score (nSPS) is 10.2. The van der Waals surface area contributed by atoms with Crippen molar-refractivity contribution in [3.05, 3.63) is 29.3 Å². The minimum absolute atomic E-state index is 0.0237. The summed E-state index contributed by atoms with van der Waals surface area (Å²) in [5, 5.41) is 9.21. The van der Waals surface area contributed by atoms with Crippen LogP contribution in [0.15, 0.2) is 18.2 Å². The second-order valence-corrected chi connectivity index (χ2v) is 4.32. The third kappa shape index (κ3) is 4.75. The molecule has 18 heavy (non-hydrogen) atoms. The fourth-order valence-corrected chi connectivity index (χ4v) is 1.79. The van der Waals surface area contributed by atoms with E-state index in [1.54, 1.807) is 0 Å². The molecular formula is C14H23N3O. The molecule has 0 atom stereocenters. The summed E-state index contributed by atoms with van der Waals surface area (Å²) in [5.74, 6) is 0.0237. The zero-order valence-corrected chi connectivity index (χ0v) is 11.5. The molecule has 4 heteroatoms. The van der Waals surface area contributed by atoms with Crippen molar-refractivity contribution in [3.63, 3.8) is 0 Å². The third-order valence-corrected chi connectivity index (χ3v) is 2.78. The number of hydrogen-bond donors (Lipinski definition) is 3. The van der Waals surface area contributed by atoms with E-state index in [4.69, 9.17) is 0 Å². The molecule has 100 valence electrons. The molecule has 0 spiro atoms. The molecule has 0 radical (unpaired) electrons. The molecule has 1 amide bonds. The van der Waals surface area contributed by atoms with Crippen LogP contribution >= 0.6 is 0 Å². The monoisotopic (exact) mass is 249 g/mol. The highest BCUT2D eigenvalue weighted by molar-refractivity contribution is 5.81. The highest BCUT2D eigenvalue weighted by Gasteiger charge is 2.04. The van der Waals surface area contributed by atoms with Gasteiger partial charge < -0.3 is 16.0 Å². The van der Waals surface area contributed by atoms with Gasteiger partial charge in [0.25, 0.3) is 0 Å². The van der Waals surface area contributed by atoms with Crippen molar-refractivity contribution in [2.45, 2.75) is 20.8 Å². The largest absolute Gasteiger partial charge is 0.376 e. The molecule has 1 rings (SSSR count). The Balaban J connectivity index is 2.34. The first-order valence-electron chi connectivity index (χ1n) is 6.42. The molecule has 0 saturated heterocycles. The molecular weight excluding hydrogens is 226 g/mol. The van der Waals surface area contributed by atoms with Crippen molar-refractivity contribution in [3.8, 4) is 0 Å². The van der Waals surface area contributed by atoms with Crippen molar-refractivity contribution in [1.29, 1.82) is 0 Å². The molecule has 0 heterocycles. The lowest BCUT2D eigenvalue weighted by molar-refractivity contribution is -0.119. The van der Waals surface area contributed by atoms with Gasteiger partial charge in [0.15, 0.2) is 0 Å². The zero-order valence-electron chi connectivity index (χ0n) is 11.5. The van der Waals surface area contributed by atoms with Crippen LogP contribution in [0, 0.1) is 13.8 Å². The number of para-hydroxylation sites is 1. The van der Waals surface area contributed by atoms with Gasteiger partial charge in [0.2, 0.25) is 5.91 Å². The van der Waals surface area contributed by atoms with E-state index in [2.05, 4.69) is 16.0 Å². The van der Waals surface area contributed by atoms with Crippen LogP contribution in [0.1, 0.15) is 18.1 Å². The van der Waals surface area contributed by atoms with E-state index in [1.165, 1.54) is 0 Å². The molecule has 0 saturated carbocycles. The Morgan fingerprint density at radius 3 is 2.44 bits per heavy atom. The van der Waals surface area contributed by atoms with Gasteiger partial charge in [-0.1, -0.05) is 25.1 Å². The second-order valence-electron chi connectivity index (χ2n) is 4.32. The Hall–Kier alpha value is -1.55. The van der Waals surface area contributed by atoms with Crippen molar-refractivity contribution >= 4 is 11.6 Å². The van der Waals surface area contributed by atoms with Gasteiger partial charge in [0, 0.05) is 18.8 Å². The average molecular weight is 249 g/mol. The van der Waals surface area contributed by atoms with Crippen molar-refractivity contribution in [2.75, 3.05) is 31.5 Å². The van der Waals surface area contributed by atoms with Crippen LogP contribution < -0.4 is 16.0 Å². The first-order chi connectivity index (χ1) is 8.65. The molecule has 1 aromatic carbocycles. The number of nitrogens with one attached hydrogen (secondary N) is 3. The lowest BCUT2D eigenvalue weighted by atomic mass is 10.1. The summed E-state index contributed by atoms with van der Waals surface area (Å²) >= 11 is 0. The van der Waals surface area contributed by atoms with E-state index in [0.717, 1.165) is 29.9 Å². The predicted octanol–water partition coefficient (Wildman–Crippen LogP) is 1.44. The molecule has 0 aliphatic rings. The van der Waals surface area contributed by atoms with Crippen LogP contribution in [0.5, 0.6) is 0 Å². The second kappa shape index (κ2) is 7.71. The first-order valence-corrected chi connectivity index (χ1v) is 6.42. The van der Waals surface area contributed by atoms with Crippen LogP contribution in [0.2, 0.25) is 0 Å². The van der Waals surface area contributed by atoms with Crippen molar-refractivity contribution in [2.24, 2.45) is 0 Å². The minimum atomic E-state index is 0.0237. The van der Waals surface area contributed by atoms with Crippen LogP contribution in [-0.4, -0.2) is 32.1 Å². The van der Waals surface area contributed by atoms with Gasteiger partial charge in [0.1, 0.15) is 0 Å². The van der Waals surface area contributed by atoms with Gasteiger partial charge >= 0.3 is 0 Å². The number of amides is 1. The van der Waals surface area contributed by atoms with E-state index in [1.807, 2.05) is 39.0 Å². The van der Waals surface area contributed by atoms with Crippen LogP contribution in [0.25, 0.3) is 0 Å². The fraction of sp³-hybridized carbons (Fsp3) is 0.500. The van der Waals surface area contributed by atoms with Gasteiger partial charge in [-0.25, -0.2) is 0 Å². The summed E-state index contributed by atoms with van der Waals surface area (Å²) in [4.78, 5) is 11.6. The quantitative estimate of drug-likeness (QED) is 0.641. The molecule has 0 bridgehead atoms. The fourth-order valence-electron chi connectivity index (χ4n) is 1.79. The smallest absolute Gasteiger partial charge is 0.239 e. The minimum Gasteiger partial charge on any atom is -0.376 e. The maximum atomic E-state index is 11.6. The molecule has 0 unspecified atom stereocenters. The topological polar surface area (TPSA) is 53.2 Å². The molecule has 1 aromatic rings. The Morgan fingerprint density at radius 1 is 1.17 bits per heavy atom. The highest BCUT2D eigenvalue weighted by Crippen LogP contribution is 2.18. The highest BCUT2D eigenvalue weighted by atomic mass is 16.1. The SMILES string of the molecule is CCNCCNC(=O)CNc1c(C)cccc1C. The van der Waals surface area contributed by atoms with Crippen molar-refractivity contribution < 1.29 is 4.79 Å². The number of anilines is 1. The Kier molecular flexibility index (Phi) is 6.22. The number of benzene rings is 1. The number of rotatable bonds is 7. The molecule has 0 fully saturated rings. The molecule has 4 nitrogen and oxygen atoms in total. The third-order valence-electron chi connectivity index (χ3n) is 2.78. The molecule has 3 N–H and O–H groups in total. The van der Waals surface area contributed by atoms with E-state index in [0.29, 0.717) is 13.1 Å². The van der Waals surface area contributed by atoms with Gasteiger partial charge in [-0.2, -0.15) is 0 Å². The maximum Gasteiger partial charge on any atom is 0.239 e. The number of likely N-dealkylation sites (N-methyl/N-ethyl adjacent to an activating group) is 1.